The minimum atomic E-state index is -1.04. The van der Waals surface area contributed by atoms with E-state index in [4.69, 9.17) is 5.73 Å². The van der Waals surface area contributed by atoms with E-state index in [1.54, 1.807) is 0 Å². The third-order valence-corrected chi connectivity index (χ3v) is 3.28. The van der Waals surface area contributed by atoms with Gasteiger partial charge >= 0.3 is 5.97 Å². The largest absolute Gasteiger partial charge is 0.481 e. The van der Waals surface area contributed by atoms with Crippen LogP contribution in [-0.2, 0) is 16.0 Å². The number of hydrogen-bond acceptors (Lipinski definition) is 3. The van der Waals surface area contributed by atoms with Gasteiger partial charge in [0, 0.05) is 6.42 Å². The predicted octanol–water partition coefficient (Wildman–Crippen LogP) is 3.04. The molecule has 0 saturated carbocycles. The van der Waals surface area contributed by atoms with Crippen LogP contribution in [-0.4, -0.2) is 22.9 Å². The van der Waals surface area contributed by atoms with Gasteiger partial charge in [-0.2, -0.15) is 0 Å². The first-order chi connectivity index (χ1) is 10.3. The molecule has 1 rings (SSSR count). The number of carbonyl (C=O) groups is 2. The SMILES string of the molecule is CC.CC(C)C(N)C(=O)C[C@@H](Cc1ccc(F)cc1)C(=O)O. The Morgan fingerprint density at radius 2 is 1.68 bits per heavy atom. The molecule has 1 aromatic carbocycles. The lowest BCUT2D eigenvalue weighted by atomic mass is 9.89. The van der Waals surface area contributed by atoms with Crippen LogP contribution in [0.5, 0.6) is 0 Å². The fourth-order valence-electron chi connectivity index (χ4n) is 1.90. The molecule has 0 aromatic heterocycles. The van der Waals surface area contributed by atoms with Crippen LogP contribution in [0.3, 0.4) is 0 Å². The molecule has 3 N–H and O–H groups in total. The molecule has 0 spiro atoms. The van der Waals surface area contributed by atoms with E-state index < -0.39 is 17.9 Å². The fraction of sp³-hybridized carbons (Fsp3) is 0.529. The number of Topliss-reactive ketones (excluding diaryl/α,β-unsaturated/α-hetero) is 1. The highest BCUT2D eigenvalue weighted by atomic mass is 19.1. The smallest absolute Gasteiger partial charge is 0.307 e. The Morgan fingerprint density at radius 3 is 2.09 bits per heavy atom. The average molecular weight is 311 g/mol. The minimum Gasteiger partial charge on any atom is -0.481 e. The first-order valence-electron chi connectivity index (χ1n) is 7.56. The van der Waals surface area contributed by atoms with Crippen LogP contribution in [0, 0.1) is 17.7 Å². The molecule has 22 heavy (non-hydrogen) atoms. The molecular formula is C17H26FNO3. The number of carbonyl (C=O) groups excluding carboxylic acids is 1. The monoisotopic (exact) mass is 311 g/mol. The number of benzene rings is 1. The van der Waals surface area contributed by atoms with Crippen molar-refractivity contribution in [1.82, 2.24) is 0 Å². The van der Waals surface area contributed by atoms with Crippen molar-refractivity contribution in [2.45, 2.75) is 46.6 Å². The molecule has 2 atom stereocenters. The summed E-state index contributed by atoms with van der Waals surface area (Å²) in [6, 6.07) is 4.95. The van der Waals surface area contributed by atoms with Crippen molar-refractivity contribution in [2.24, 2.45) is 17.6 Å². The number of carboxylic acids is 1. The molecule has 0 radical (unpaired) electrons. The van der Waals surface area contributed by atoms with Gasteiger partial charge in [0.2, 0.25) is 0 Å². The molecule has 5 heteroatoms. The molecule has 0 heterocycles. The fourth-order valence-corrected chi connectivity index (χ4v) is 1.90. The third kappa shape index (κ3) is 6.80. The van der Waals surface area contributed by atoms with E-state index >= 15 is 0 Å². The summed E-state index contributed by atoms with van der Waals surface area (Å²) in [5.74, 6) is -2.53. The van der Waals surface area contributed by atoms with Gasteiger partial charge in [0.25, 0.3) is 0 Å². The van der Waals surface area contributed by atoms with Crippen LogP contribution in [0.15, 0.2) is 24.3 Å². The van der Waals surface area contributed by atoms with Crippen LogP contribution in [0.2, 0.25) is 0 Å². The van der Waals surface area contributed by atoms with Gasteiger partial charge in [-0.15, -0.1) is 0 Å². The maximum absolute atomic E-state index is 12.8. The lowest BCUT2D eigenvalue weighted by Crippen LogP contribution is -2.37. The zero-order valence-electron chi connectivity index (χ0n) is 13.7. The lowest BCUT2D eigenvalue weighted by Gasteiger charge is -2.17. The van der Waals surface area contributed by atoms with E-state index in [9.17, 15) is 19.1 Å². The normalized spacial score (nSPS) is 13.0. The van der Waals surface area contributed by atoms with Crippen molar-refractivity contribution in [2.75, 3.05) is 0 Å². The van der Waals surface area contributed by atoms with Crippen molar-refractivity contribution in [3.8, 4) is 0 Å². The Kier molecular flexibility index (Phi) is 9.26. The first kappa shape index (κ1) is 20.2. The predicted molar refractivity (Wildman–Crippen MR) is 85.0 cm³/mol. The number of ketones is 1. The summed E-state index contributed by atoms with van der Waals surface area (Å²) >= 11 is 0. The van der Waals surface area contributed by atoms with Crippen LogP contribution < -0.4 is 5.73 Å². The summed E-state index contributed by atoms with van der Waals surface area (Å²) < 4.78 is 12.8. The van der Waals surface area contributed by atoms with Gasteiger partial charge < -0.3 is 10.8 Å². The Hall–Kier alpha value is -1.75. The summed E-state index contributed by atoms with van der Waals surface area (Å²) in [6.45, 7) is 7.64. The summed E-state index contributed by atoms with van der Waals surface area (Å²) in [6.07, 6.45) is 0.0816. The Balaban J connectivity index is 0.00000211. The summed E-state index contributed by atoms with van der Waals surface area (Å²) in [4.78, 5) is 23.1. The van der Waals surface area contributed by atoms with Crippen LogP contribution in [0.25, 0.3) is 0 Å². The molecule has 124 valence electrons. The van der Waals surface area contributed by atoms with Crippen LogP contribution in [0.1, 0.15) is 39.7 Å². The number of nitrogens with two attached hydrogens (primary N) is 1. The van der Waals surface area contributed by atoms with Gasteiger partial charge in [-0.25, -0.2) is 4.39 Å². The molecule has 0 bridgehead atoms. The standard InChI is InChI=1S/C15H20FNO3.C2H6/c1-9(2)14(17)13(18)8-11(15(19)20)7-10-3-5-12(16)6-4-10;1-2/h3-6,9,11,14H,7-8,17H2,1-2H3,(H,19,20);1-2H3/t11-,14?;/m1./s1. The Labute approximate surface area is 131 Å². The van der Waals surface area contributed by atoms with Crippen molar-refractivity contribution in [1.29, 1.82) is 0 Å². The maximum Gasteiger partial charge on any atom is 0.307 e. The highest BCUT2D eigenvalue weighted by Crippen LogP contribution is 2.16. The van der Waals surface area contributed by atoms with Crippen molar-refractivity contribution in [3.05, 3.63) is 35.6 Å². The number of carboxylic acid groups (broad SMARTS) is 1. The number of rotatable bonds is 7. The molecule has 4 nitrogen and oxygen atoms in total. The second-order valence-corrected chi connectivity index (χ2v) is 5.31. The quantitative estimate of drug-likeness (QED) is 0.811. The molecule has 0 aliphatic carbocycles. The van der Waals surface area contributed by atoms with Gasteiger partial charge in [0.05, 0.1) is 12.0 Å². The van der Waals surface area contributed by atoms with Crippen LogP contribution >= 0.6 is 0 Å². The van der Waals surface area contributed by atoms with Gasteiger partial charge in [-0.05, 0) is 30.0 Å². The van der Waals surface area contributed by atoms with Crippen molar-refractivity contribution in [3.63, 3.8) is 0 Å². The zero-order valence-corrected chi connectivity index (χ0v) is 13.7. The summed E-state index contributed by atoms with van der Waals surface area (Å²) in [5, 5.41) is 9.19. The Bertz CT molecular complexity index is 471. The number of halogens is 1. The summed E-state index contributed by atoms with van der Waals surface area (Å²) in [7, 11) is 0. The Morgan fingerprint density at radius 1 is 1.18 bits per heavy atom. The second-order valence-electron chi connectivity index (χ2n) is 5.31. The van der Waals surface area contributed by atoms with E-state index in [1.165, 1.54) is 24.3 Å². The third-order valence-electron chi connectivity index (χ3n) is 3.28. The van der Waals surface area contributed by atoms with E-state index in [1.807, 2.05) is 27.7 Å². The second kappa shape index (κ2) is 10.1. The molecule has 1 unspecified atom stereocenters. The molecule has 0 aliphatic heterocycles. The topological polar surface area (TPSA) is 80.4 Å². The summed E-state index contributed by atoms with van der Waals surface area (Å²) in [5.41, 5.74) is 6.41. The van der Waals surface area contributed by atoms with Gasteiger partial charge in [-0.3, -0.25) is 9.59 Å². The van der Waals surface area contributed by atoms with E-state index in [2.05, 4.69) is 0 Å². The molecule has 1 aromatic rings. The van der Waals surface area contributed by atoms with E-state index in [0.29, 0.717) is 5.56 Å². The van der Waals surface area contributed by atoms with Gasteiger partial charge in [-0.1, -0.05) is 39.8 Å². The highest BCUT2D eigenvalue weighted by molar-refractivity contribution is 5.87. The van der Waals surface area contributed by atoms with Gasteiger partial charge in [0.15, 0.2) is 5.78 Å². The van der Waals surface area contributed by atoms with Crippen molar-refractivity contribution >= 4 is 11.8 Å². The first-order valence-corrected chi connectivity index (χ1v) is 7.56. The minimum absolute atomic E-state index is 0.0252. The molecule has 0 saturated heterocycles. The highest BCUT2D eigenvalue weighted by Gasteiger charge is 2.26. The van der Waals surface area contributed by atoms with Crippen molar-refractivity contribution < 1.29 is 19.1 Å². The van der Waals surface area contributed by atoms with E-state index in [-0.39, 0.29) is 30.4 Å². The molecule has 0 amide bonds. The molecular weight excluding hydrogens is 285 g/mol. The van der Waals surface area contributed by atoms with Crippen LogP contribution in [0.4, 0.5) is 4.39 Å². The van der Waals surface area contributed by atoms with Gasteiger partial charge in [0.1, 0.15) is 5.82 Å². The number of hydrogen-bond donors (Lipinski definition) is 2. The molecule has 0 aliphatic rings. The number of aliphatic carboxylic acids is 1. The molecule has 0 fully saturated rings. The van der Waals surface area contributed by atoms with E-state index in [0.717, 1.165) is 0 Å². The maximum atomic E-state index is 12.8. The lowest BCUT2D eigenvalue weighted by molar-refractivity contribution is -0.144. The average Bonchev–Trinajstić information content (AvgIpc) is 2.49. The zero-order chi connectivity index (χ0) is 17.3.